The Bertz CT molecular complexity index is 501. The van der Waals surface area contributed by atoms with E-state index in [4.69, 9.17) is 0 Å². The molecule has 1 fully saturated rings. The van der Waals surface area contributed by atoms with Gasteiger partial charge in [0.2, 0.25) is 0 Å². The lowest BCUT2D eigenvalue weighted by molar-refractivity contribution is -0.0108. The van der Waals surface area contributed by atoms with Crippen molar-refractivity contribution in [3.05, 3.63) is 17.5 Å². The minimum Gasteiger partial charge on any atom is -0.388 e. The van der Waals surface area contributed by atoms with E-state index in [0.29, 0.717) is 18.7 Å². The Morgan fingerprint density at radius 3 is 2.55 bits per heavy atom. The number of hydrogen-bond donors (Lipinski definition) is 1. The molecule has 1 aliphatic heterocycles. The van der Waals surface area contributed by atoms with Crippen molar-refractivity contribution in [2.45, 2.75) is 53.2 Å². The quantitative estimate of drug-likeness (QED) is 0.918. The van der Waals surface area contributed by atoms with Crippen molar-refractivity contribution < 1.29 is 9.90 Å². The van der Waals surface area contributed by atoms with E-state index in [1.54, 1.807) is 18.0 Å². The third-order valence-electron chi connectivity index (χ3n) is 4.60. The van der Waals surface area contributed by atoms with Crippen LogP contribution < -0.4 is 0 Å². The standard InChI is InChI=1S/C15H25N3O2/c1-6-7-18-11(2)12(8-16-18)13(19)17-9-14(3,4)15(5,20)10-17/h8,20H,6-7,9-10H2,1-5H3/t15-/m1/s1. The zero-order chi connectivity index (χ0) is 15.1. The summed E-state index contributed by atoms with van der Waals surface area (Å²) in [6.07, 6.45) is 2.63. The van der Waals surface area contributed by atoms with Crippen LogP contribution in [-0.4, -0.2) is 44.4 Å². The van der Waals surface area contributed by atoms with Crippen molar-refractivity contribution in [3.63, 3.8) is 0 Å². The SMILES string of the molecule is CCCn1ncc(C(=O)N2CC(C)(C)[C@](C)(O)C2)c1C. The molecule has 0 bridgehead atoms. The minimum atomic E-state index is -0.851. The van der Waals surface area contributed by atoms with Crippen molar-refractivity contribution in [2.24, 2.45) is 5.41 Å². The fraction of sp³-hybridized carbons (Fsp3) is 0.733. The number of aromatic nitrogens is 2. The Hall–Kier alpha value is -1.36. The van der Waals surface area contributed by atoms with Crippen LogP contribution in [0.2, 0.25) is 0 Å². The molecular weight excluding hydrogens is 254 g/mol. The molecule has 0 saturated carbocycles. The Balaban J connectivity index is 2.22. The van der Waals surface area contributed by atoms with Gasteiger partial charge in [0, 0.05) is 24.2 Å². The highest BCUT2D eigenvalue weighted by Crippen LogP contribution is 2.39. The first kappa shape index (κ1) is 15.0. The number of hydrogen-bond acceptors (Lipinski definition) is 3. The number of nitrogens with zero attached hydrogens (tertiary/aromatic N) is 3. The molecule has 20 heavy (non-hydrogen) atoms. The maximum absolute atomic E-state index is 12.6. The molecule has 1 aromatic rings. The molecule has 0 unspecified atom stereocenters. The fourth-order valence-electron chi connectivity index (χ4n) is 2.70. The first-order chi connectivity index (χ1) is 9.19. The second kappa shape index (κ2) is 4.88. The van der Waals surface area contributed by atoms with E-state index in [1.165, 1.54) is 0 Å². The lowest BCUT2D eigenvalue weighted by atomic mass is 9.79. The van der Waals surface area contributed by atoms with E-state index in [0.717, 1.165) is 18.7 Å². The van der Waals surface area contributed by atoms with Crippen molar-refractivity contribution in [1.29, 1.82) is 0 Å². The normalized spacial score (nSPS) is 25.2. The van der Waals surface area contributed by atoms with Crippen LogP contribution in [-0.2, 0) is 6.54 Å². The van der Waals surface area contributed by atoms with E-state index in [9.17, 15) is 9.90 Å². The lowest BCUT2D eigenvalue weighted by Crippen LogP contribution is -2.40. The molecule has 0 radical (unpaired) electrons. The molecule has 1 N–H and O–H groups in total. The third kappa shape index (κ3) is 2.35. The van der Waals surface area contributed by atoms with Gasteiger partial charge in [0.05, 0.1) is 23.9 Å². The van der Waals surface area contributed by atoms with Crippen LogP contribution in [0.4, 0.5) is 0 Å². The summed E-state index contributed by atoms with van der Waals surface area (Å²) in [5, 5.41) is 14.7. The second-order valence-electron chi connectivity index (χ2n) is 6.69. The zero-order valence-electron chi connectivity index (χ0n) is 13.1. The summed E-state index contributed by atoms with van der Waals surface area (Å²) < 4.78 is 1.87. The molecule has 1 amide bonds. The van der Waals surface area contributed by atoms with E-state index >= 15 is 0 Å². The molecule has 0 aliphatic carbocycles. The lowest BCUT2D eigenvalue weighted by Gasteiger charge is -2.30. The van der Waals surface area contributed by atoms with Gasteiger partial charge in [-0.1, -0.05) is 20.8 Å². The van der Waals surface area contributed by atoms with Crippen molar-refractivity contribution in [2.75, 3.05) is 13.1 Å². The number of aliphatic hydroxyl groups is 1. The smallest absolute Gasteiger partial charge is 0.257 e. The van der Waals surface area contributed by atoms with Gasteiger partial charge in [-0.25, -0.2) is 0 Å². The first-order valence-corrected chi connectivity index (χ1v) is 7.23. The van der Waals surface area contributed by atoms with Gasteiger partial charge in [0.1, 0.15) is 0 Å². The van der Waals surface area contributed by atoms with Gasteiger partial charge in [0.15, 0.2) is 0 Å². The molecule has 2 heterocycles. The van der Waals surface area contributed by atoms with Crippen molar-refractivity contribution >= 4 is 5.91 Å². The Morgan fingerprint density at radius 1 is 1.40 bits per heavy atom. The van der Waals surface area contributed by atoms with Crippen LogP contribution in [0.3, 0.4) is 0 Å². The molecule has 112 valence electrons. The Kier molecular flexibility index (Phi) is 3.67. The monoisotopic (exact) mass is 279 g/mol. The predicted molar refractivity (Wildman–Crippen MR) is 77.6 cm³/mol. The number of carbonyl (C=O) groups is 1. The average Bonchev–Trinajstić information content (AvgIpc) is 2.78. The molecule has 2 rings (SSSR count). The zero-order valence-corrected chi connectivity index (χ0v) is 13.1. The van der Waals surface area contributed by atoms with Crippen LogP contribution in [0.1, 0.15) is 50.2 Å². The highest BCUT2D eigenvalue weighted by atomic mass is 16.3. The molecular formula is C15H25N3O2. The summed E-state index contributed by atoms with van der Waals surface area (Å²) in [5.74, 6) is -0.0318. The highest BCUT2D eigenvalue weighted by Gasteiger charge is 2.49. The molecule has 5 nitrogen and oxygen atoms in total. The number of β-amino-alcohol motifs (C(OH)–C–C–N with tert-alkyl or cyclic N) is 1. The van der Waals surface area contributed by atoms with Crippen LogP contribution in [0.25, 0.3) is 0 Å². The highest BCUT2D eigenvalue weighted by molar-refractivity contribution is 5.95. The molecule has 1 saturated heterocycles. The van der Waals surface area contributed by atoms with Crippen molar-refractivity contribution in [3.8, 4) is 0 Å². The van der Waals surface area contributed by atoms with Crippen LogP contribution in [0.5, 0.6) is 0 Å². The van der Waals surface area contributed by atoms with Gasteiger partial charge in [-0.05, 0) is 20.3 Å². The van der Waals surface area contributed by atoms with E-state index < -0.39 is 5.60 Å². The molecule has 1 atom stereocenters. The first-order valence-electron chi connectivity index (χ1n) is 7.23. The van der Waals surface area contributed by atoms with Crippen LogP contribution in [0.15, 0.2) is 6.20 Å². The summed E-state index contributed by atoms with van der Waals surface area (Å²) >= 11 is 0. The summed E-state index contributed by atoms with van der Waals surface area (Å²) in [4.78, 5) is 14.4. The number of amides is 1. The maximum Gasteiger partial charge on any atom is 0.257 e. The minimum absolute atomic E-state index is 0.0318. The van der Waals surface area contributed by atoms with Crippen LogP contribution >= 0.6 is 0 Å². The molecule has 0 aromatic carbocycles. The Labute approximate surface area is 120 Å². The predicted octanol–water partition coefficient (Wildman–Crippen LogP) is 1.83. The van der Waals surface area contributed by atoms with E-state index in [-0.39, 0.29) is 11.3 Å². The number of likely N-dealkylation sites (tertiary alicyclic amines) is 1. The molecule has 5 heteroatoms. The summed E-state index contributed by atoms with van der Waals surface area (Å²) in [7, 11) is 0. The van der Waals surface area contributed by atoms with Crippen LogP contribution in [0, 0.1) is 12.3 Å². The average molecular weight is 279 g/mol. The number of rotatable bonds is 3. The van der Waals surface area contributed by atoms with Gasteiger partial charge < -0.3 is 10.0 Å². The summed E-state index contributed by atoms with van der Waals surface area (Å²) in [6, 6.07) is 0. The fourth-order valence-corrected chi connectivity index (χ4v) is 2.70. The molecule has 1 aliphatic rings. The van der Waals surface area contributed by atoms with Crippen molar-refractivity contribution in [1.82, 2.24) is 14.7 Å². The van der Waals surface area contributed by atoms with E-state index in [1.807, 2.05) is 25.5 Å². The largest absolute Gasteiger partial charge is 0.388 e. The van der Waals surface area contributed by atoms with Gasteiger partial charge in [-0.3, -0.25) is 9.48 Å². The number of aryl methyl sites for hydroxylation is 1. The van der Waals surface area contributed by atoms with Gasteiger partial charge in [-0.2, -0.15) is 5.10 Å². The number of carbonyl (C=O) groups excluding carboxylic acids is 1. The topological polar surface area (TPSA) is 58.4 Å². The van der Waals surface area contributed by atoms with E-state index in [2.05, 4.69) is 12.0 Å². The summed E-state index contributed by atoms with van der Waals surface area (Å²) in [6.45, 7) is 11.6. The second-order valence-corrected chi connectivity index (χ2v) is 6.69. The third-order valence-corrected chi connectivity index (χ3v) is 4.60. The van der Waals surface area contributed by atoms with Gasteiger partial charge >= 0.3 is 0 Å². The van der Waals surface area contributed by atoms with Gasteiger partial charge in [0.25, 0.3) is 5.91 Å². The Morgan fingerprint density at radius 2 is 2.05 bits per heavy atom. The molecule has 0 spiro atoms. The maximum atomic E-state index is 12.6. The van der Waals surface area contributed by atoms with Gasteiger partial charge in [-0.15, -0.1) is 0 Å². The summed E-state index contributed by atoms with van der Waals surface area (Å²) in [5.41, 5.74) is 0.402. The molecule has 1 aromatic heterocycles.